The fourth-order valence-corrected chi connectivity index (χ4v) is 6.96. The lowest BCUT2D eigenvalue weighted by molar-refractivity contribution is -0.164. The van der Waals surface area contributed by atoms with E-state index in [-0.39, 0.29) is 37.0 Å². The van der Waals surface area contributed by atoms with Gasteiger partial charge < -0.3 is 24.4 Å². The zero-order chi connectivity index (χ0) is 27.5. The van der Waals surface area contributed by atoms with E-state index in [2.05, 4.69) is 20.1 Å². The van der Waals surface area contributed by atoms with Crippen molar-refractivity contribution in [2.24, 2.45) is 17.8 Å². The molecule has 0 saturated carbocycles. The van der Waals surface area contributed by atoms with Crippen molar-refractivity contribution in [3.05, 3.63) is 25.3 Å². The van der Waals surface area contributed by atoms with E-state index in [1.54, 1.807) is 22.0 Å². The Morgan fingerprint density at radius 2 is 1.95 bits per heavy atom. The number of aliphatic hydroxyl groups is 1. The van der Waals surface area contributed by atoms with Crippen molar-refractivity contribution in [3.63, 3.8) is 0 Å². The smallest absolute Gasteiger partial charge is 0.312 e. The molecular weight excluding hydrogens is 472 g/mol. The fourth-order valence-electron chi connectivity index (χ4n) is 6.96. The van der Waals surface area contributed by atoms with Gasteiger partial charge in [-0.2, -0.15) is 0 Å². The van der Waals surface area contributed by atoms with Gasteiger partial charge in [0.05, 0.1) is 30.8 Å². The number of carbonyl (C=O) groups excluding carboxylic acids is 3. The molecule has 0 aromatic carbocycles. The van der Waals surface area contributed by atoms with Crippen LogP contribution in [0.4, 0.5) is 0 Å². The predicted octanol–water partition coefficient (Wildman–Crippen LogP) is 3.48. The fraction of sp³-hybridized carbons (Fsp3) is 0.759. The zero-order valence-corrected chi connectivity index (χ0v) is 23.3. The molecule has 0 radical (unpaired) electrons. The molecule has 8 nitrogen and oxygen atoms in total. The average Bonchev–Trinajstić information content (AvgIpc) is 3.46. The van der Waals surface area contributed by atoms with E-state index in [0.29, 0.717) is 32.2 Å². The van der Waals surface area contributed by atoms with Crippen LogP contribution in [0.25, 0.3) is 0 Å². The standard InChI is InChI=1S/C29H46N2O6/c1-8-12-17-36-27(35)23-22-25(33)31(21(18-32)19(5)6)24(29(22)15-14-28(23,11-4)37-29)26(34)30(16-10-3)20(7)13-9-2/h8,10,19-24,32H,1,3,9,11-18H2,2,4-7H3/t20?,21-,22-,23+,24?,28-,29?/m0/s1. The molecule has 37 heavy (non-hydrogen) atoms. The first-order chi connectivity index (χ1) is 17.6. The van der Waals surface area contributed by atoms with Gasteiger partial charge in [0.1, 0.15) is 17.6 Å². The molecule has 208 valence electrons. The SMILES string of the molecule is C=CCCOC(=O)[C@H]1[C@H]2C(=O)N([C@@H](CO)C(C)C)C(C(=O)N(CC=C)C(C)CCC)C23CC[C@]1(CC)O3. The number of fused-ring (bicyclic) bond motifs is 1. The van der Waals surface area contributed by atoms with Crippen LogP contribution in [0.1, 0.15) is 73.1 Å². The van der Waals surface area contributed by atoms with Crippen LogP contribution < -0.4 is 0 Å². The second-order valence-electron chi connectivity index (χ2n) is 11.2. The van der Waals surface area contributed by atoms with Crippen LogP contribution >= 0.6 is 0 Å². The van der Waals surface area contributed by atoms with Gasteiger partial charge in [-0.25, -0.2) is 0 Å². The third kappa shape index (κ3) is 4.76. The maximum absolute atomic E-state index is 14.5. The third-order valence-electron chi connectivity index (χ3n) is 8.83. The Balaban J connectivity index is 2.14. The van der Waals surface area contributed by atoms with Crippen molar-refractivity contribution in [1.29, 1.82) is 0 Å². The summed E-state index contributed by atoms with van der Waals surface area (Å²) in [6.45, 7) is 17.7. The van der Waals surface area contributed by atoms with Crippen molar-refractivity contribution in [1.82, 2.24) is 9.80 Å². The summed E-state index contributed by atoms with van der Waals surface area (Å²) < 4.78 is 12.4. The van der Waals surface area contributed by atoms with Gasteiger partial charge >= 0.3 is 5.97 Å². The molecule has 2 amide bonds. The maximum atomic E-state index is 14.5. The molecule has 3 saturated heterocycles. The van der Waals surface area contributed by atoms with Gasteiger partial charge in [0.15, 0.2) is 0 Å². The van der Waals surface area contributed by atoms with Gasteiger partial charge in [-0.05, 0) is 44.9 Å². The lowest BCUT2D eigenvalue weighted by Gasteiger charge is -2.42. The number of hydrogen-bond acceptors (Lipinski definition) is 6. The highest BCUT2D eigenvalue weighted by Gasteiger charge is 2.79. The van der Waals surface area contributed by atoms with Crippen molar-refractivity contribution < 1.29 is 29.0 Å². The summed E-state index contributed by atoms with van der Waals surface area (Å²) in [7, 11) is 0. The molecule has 3 unspecified atom stereocenters. The summed E-state index contributed by atoms with van der Waals surface area (Å²) in [5.41, 5.74) is -1.99. The molecule has 0 aliphatic carbocycles. The maximum Gasteiger partial charge on any atom is 0.312 e. The monoisotopic (exact) mass is 518 g/mol. The number of rotatable bonds is 14. The minimum absolute atomic E-state index is 0.0621. The van der Waals surface area contributed by atoms with E-state index in [4.69, 9.17) is 9.47 Å². The summed E-state index contributed by atoms with van der Waals surface area (Å²) >= 11 is 0. The number of likely N-dealkylation sites (tertiary alicyclic amines) is 1. The van der Waals surface area contributed by atoms with Crippen molar-refractivity contribution >= 4 is 17.8 Å². The first kappa shape index (κ1) is 29.4. The lowest BCUT2D eigenvalue weighted by atomic mass is 9.65. The highest BCUT2D eigenvalue weighted by molar-refractivity contribution is 5.99. The molecule has 3 heterocycles. The number of amides is 2. The summed E-state index contributed by atoms with van der Waals surface area (Å²) in [4.78, 5) is 45.6. The Bertz CT molecular complexity index is 890. The number of ether oxygens (including phenoxy) is 2. The molecule has 8 heteroatoms. The third-order valence-corrected chi connectivity index (χ3v) is 8.83. The molecule has 3 aliphatic heterocycles. The Kier molecular flexibility index (Phi) is 9.27. The lowest BCUT2D eigenvalue weighted by Crippen LogP contribution is -2.60. The average molecular weight is 519 g/mol. The van der Waals surface area contributed by atoms with Gasteiger partial charge in [-0.15, -0.1) is 13.2 Å². The largest absolute Gasteiger partial charge is 0.465 e. The molecule has 3 aliphatic rings. The molecule has 1 N–H and O–H groups in total. The van der Waals surface area contributed by atoms with E-state index < -0.39 is 41.1 Å². The van der Waals surface area contributed by atoms with E-state index in [9.17, 15) is 19.5 Å². The molecule has 3 rings (SSSR count). The van der Waals surface area contributed by atoms with Gasteiger partial charge in [0, 0.05) is 12.6 Å². The first-order valence-electron chi connectivity index (χ1n) is 13.9. The minimum Gasteiger partial charge on any atom is -0.465 e. The van der Waals surface area contributed by atoms with E-state index in [0.717, 1.165) is 12.8 Å². The summed E-state index contributed by atoms with van der Waals surface area (Å²) in [5.74, 6) is -2.68. The van der Waals surface area contributed by atoms with E-state index in [1.165, 1.54) is 0 Å². The highest BCUT2D eigenvalue weighted by Crippen LogP contribution is 2.65. The summed E-state index contributed by atoms with van der Waals surface area (Å²) in [5, 5.41) is 10.4. The number of nitrogens with zero attached hydrogens (tertiary/aromatic N) is 2. The molecule has 3 fully saturated rings. The quantitative estimate of drug-likeness (QED) is 0.215. The van der Waals surface area contributed by atoms with Gasteiger partial charge in [0.25, 0.3) is 0 Å². The molecule has 7 atom stereocenters. The van der Waals surface area contributed by atoms with E-state index in [1.807, 2.05) is 27.7 Å². The Labute approximate surface area is 222 Å². The second kappa shape index (κ2) is 11.7. The number of hydrogen-bond donors (Lipinski definition) is 1. The van der Waals surface area contributed by atoms with Gasteiger partial charge in [0.2, 0.25) is 11.8 Å². The van der Waals surface area contributed by atoms with E-state index >= 15 is 0 Å². The van der Waals surface area contributed by atoms with Crippen LogP contribution in [-0.4, -0.2) is 81.8 Å². The Hall–Kier alpha value is -2.19. The van der Waals surface area contributed by atoms with Crippen LogP contribution in [0.3, 0.4) is 0 Å². The number of carbonyl (C=O) groups is 3. The highest BCUT2D eigenvalue weighted by atomic mass is 16.6. The topological polar surface area (TPSA) is 96.4 Å². The first-order valence-corrected chi connectivity index (χ1v) is 13.9. The van der Waals surface area contributed by atoms with Crippen molar-refractivity contribution in [2.45, 2.75) is 102 Å². The molecular formula is C29H46N2O6. The molecule has 2 bridgehead atoms. The van der Waals surface area contributed by atoms with Crippen molar-refractivity contribution in [2.75, 3.05) is 19.8 Å². The molecule has 0 aromatic rings. The normalized spacial score (nSPS) is 31.8. The van der Waals surface area contributed by atoms with Crippen LogP contribution in [0.15, 0.2) is 25.3 Å². The van der Waals surface area contributed by atoms with Gasteiger partial charge in [-0.1, -0.05) is 46.3 Å². The molecule has 0 aromatic heterocycles. The number of aliphatic hydroxyl groups excluding tert-OH is 1. The summed E-state index contributed by atoms with van der Waals surface area (Å²) in [6.07, 6.45) is 7.22. The Morgan fingerprint density at radius 1 is 1.24 bits per heavy atom. The van der Waals surface area contributed by atoms with Crippen LogP contribution in [0.2, 0.25) is 0 Å². The van der Waals surface area contributed by atoms with Crippen LogP contribution in [-0.2, 0) is 23.9 Å². The summed E-state index contributed by atoms with van der Waals surface area (Å²) in [6, 6.07) is -1.57. The number of esters is 1. The minimum atomic E-state index is -1.14. The van der Waals surface area contributed by atoms with Gasteiger partial charge in [-0.3, -0.25) is 14.4 Å². The van der Waals surface area contributed by atoms with Crippen LogP contribution in [0, 0.1) is 17.8 Å². The Morgan fingerprint density at radius 3 is 2.49 bits per heavy atom. The molecule has 1 spiro atoms. The van der Waals surface area contributed by atoms with Crippen molar-refractivity contribution in [3.8, 4) is 0 Å². The zero-order valence-electron chi connectivity index (χ0n) is 23.3. The van der Waals surface area contributed by atoms with Crippen LogP contribution in [0.5, 0.6) is 0 Å². The predicted molar refractivity (Wildman–Crippen MR) is 141 cm³/mol. The second-order valence-corrected chi connectivity index (χ2v) is 11.2.